The van der Waals surface area contributed by atoms with Crippen molar-refractivity contribution in [3.8, 4) is 0 Å². The highest BCUT2D eigenvalue weighted by Crippen LogP contribution is 2.45. The van der Waals surface area contributed by atoms with Crippen LogP contribution in [0.1, 0.15) is 78.1 Å². The Hall–Kier alpha value is -1.06. The molecule has 0 aromatic rings. The van der Waals surface area contributed by atoms with Gasteiger partial charge in [0.05, 0.1) is 0 Å². The third-order valence-corrected chi connectivity index (χ3v) is 5.56. The Labute approximate surface area is 133 Å². The zero-order chi connectivity index (χ0) is 16.0. The van der Waals surface area contributed by atoms with Crippen LogP contribution in [0.4, 0.5) is 0 Å². The van der Waals surface area contributed by atoms with E-state index in [0.29, 0.717) is 11.8 Å². The second-order valence-electron chi connectivity index (χ2n) is 7.11. The second-order valence-corrected chi connectivity index (χ2v) is 7.11. The Morgan fingerprint density at radius 3 is 1.77 bits per heavy atom. The molecule has 0 radical (unpaired) electrons. The summed E-state index contributed by atoms with van der Waals surface area (Å²) in [6, 6.07) is 0. The normalized spacial score (nSPS) is 21.4. The molecule has 0 saturated heterocycles. The monoisotopic (exact) mass is 310 g/mol. The lowest BCUT2D eigenvalue weighted by molar-refractivity contribution is -0.183. The van der Waals surface area contributed by atoms with E-state index in [1.165, 1.54) is 45.4 Å². The lowest BCUT2D eigenvalue weighted by Crippen LogP contribution is -2.48. The first kappa shape index (κ1) is 17.3. The number of ether oxygens (including phenoxy) is 2. The van der Waals surface area contributed by atoms with Crippen molar-refractivity contribution in [2.75, 3.05) is 6.61 Å². The van der Waals surface area contributed by atoms with Gasteiger partial charge in [-0.2, -0.15) is 0 Å². The van der Waals surface area contributed by atoms with Gasteiger partial charge in [0.2, 0.25) is 0 Å². The van der Waals surface area contributed by atoms with Gasteiger partial charge < -0.3 is 9.47 Å². The molecule has 0 N–H and O–H groups in total. The predicted molar refractivity (Wildman–Crippen MR) is 84.3 cm³/mol. The molecule has 126 valence electrons. The van der Waals surface area contributed by atoms with E-state index < -0.39 is 17.5 Å². The standard InChI is InChI=1S/C18H30O4/c1-14(19)21-13-17(20)22-18(2,15-9-5-3-6-10-15)16-11-7-4-8-12-16/h15-16H,3-13H2,1-2H3. The summed E-state index contributed by atoms with van der Waals surface area (Å²) < 4.78 is 10.8. The molecule has 0 aliphatic heterocycles. The van der Waals surface area contributed by atoms with Crippen LogP contribution >= 0.6 is 0 Å². The second kappa shape index (κ2) is 7.98. The van der Waals surface area contributed by atoms with Crippen molar-refractivity contribution in [2.24, 2.45) is 11.8 Å². The summed E-state index contributed by atoms with van der Waals surface area (Å²) in [5, 5.41) is 0. The van der Waals surface area contributed by atoms with Crippen LogP contribution in [0.15, 0.2) is 0 Å². The zero-order valence-electron chi connectivity index (χ0n) is 14.1. The van der Waals surface area contributed by atoms with E-state index in [1.807, 2.05) is 0 Å². The van der Waals surface area contributed by atoms with Gasteiger partial charge in [-0.3, -0.25) is 4.79 Å². The first-order valence-corrected chi connectivity index (χ1v) is 8.87. The van der Waals surface area contributed by atoms with Crippen molar-refractivity contribution in [1.82, 2.24) is 0 Å². The van der Waals surface area contributed by atoms with Crippen LogP contribution in [0.5, 0.6) is 0 Å². The molecule has 0 atom stereocenters. The van der Waals surface area contributed by atoms with Gasteiger partial charge in [0.25, 0.3) is 0 Å². The maximum Gasteiger partial charge on any atom is 0.344 e. The minimum Gasteiger partial charge on any atom is -0.456 e. The number of hydrogen-bond donors (Lipinski definition) is 0. The van der Waals surface area contributed by atoms with Gasteiger partial charge in [-0.25, -0.2) is 4.79 Å². The molecule has 0 bridgehead atoms. The van der Waals surface area contributed by atoms with Crippen LogP contribution in [0.3, 0.4) is 0 Å². The van der Waals surface area contributed by atoms with Crippen LogP contribution in [-0.4, -0.2) is 24.1 Å². The summed E-state index contributed by atoms with van der Waals surface area (Å²) in [4.78, 5) is 23.0. The van der Waals surface area contributed by atoms with Crippen LogP contribution in [0.2, 0.25) is 0 Å². The van der Waals surface area contributed by atoms with Gasteiger partial charge in [0.15, 0.2) is 6.61 Å². The SMILES string of the molecule is CC(=O)OCC(=O)OC(C)(C1CCCCC1)C1CCCCC1. The molecule has 4 nitrogen and oxygen atoms in total. The number of carbonyl (C=O) groups excluding carboxylic acids is 2. The van der Waals surface area contributed by atoms with Gasteiger partial charge >= 0.3 is 11.9 Å². The average molecular weight is 310 g/mol. The molecule has 0 aromatic heterocycles. The Bertz CT molecular complexity index is 361. The fourth-order valence-corrected chi connectivity index (χ4v) is 4.29. The molecular formula is C18H30O4. The first-order chi connectivity index (χ1) is 10.5. The highest BCUT2D eigenvalue weighted by Gasteiger charge is 2.45. The summed E-state index contributed by atoms with van der Waals surface area (Å²) >= 11 is 0. The van der Waals surface area contributed by atoms with E-state index in [2.05, 4.69) is 6.92 Å². The number of esters is 2. The molecular weight excluding hydrogens is 280 g/mol. The van der Waals surface area contributed by atoms with Crippen molar-refractivity contribution < 1.29 is 19.1 Å². The quantitative estimate of drug-likeness (QED) is 0.720. The van der Waals surface area contributed by atoms with E-state index >= 15 is 0 Å². The minimum absolute atomic E-state index is 0.260. The van der Waals surface area contributed by atoms with Gasteiger partial charge in [-0.1, -0.05) is 38.5 Å². The lowest BCUT2D eigenvalue weighted by Gasteiger charge is -2.46. The van der Waals surface area contributed by atoms with Crippen LogP contribution in [0, 0.1) is 11.8 Å². The third-order valence-electron chi connectivity index (χ3n) is 5.56. The fraction of sp³-hybridized carbons (Fsp3) is 0.889. The lowest BCUT2D eigenvalue weighted by atomic mass is 9.67. The Morgan fingerprint density at radius 2 is 1.36 bits per heavy atom. The van der Waals surface area contributed by atoms with Gasteiger partial charge in [-0.05, 0) is 44.4 Å². The van der Waals surface area contributed by atoms with Crippen molar-refractivity contribution >= 4 is 11.9 Å². The molecule has 2 aliphatic carbocycles. The van der Waals surface area contributed by atoms with E-state index in [1.54, 1.807) is 0 Å². The molecule has 0 heterocycles. The van der Waals surface area contributed by atoms with Crippen molar-refractivity contribution in [3.63, 3.8) is 0 Å². The molecule has 2 saturated carbocycles. The molecule has 2 rings (SSSR count). The Kier molecular flexibility index (Phi) is 6.27. The molecule has 0 amide bonds. The summed E-state index contributed by atoms with van der Waals surface area (Å²) in [6.45, 7) is 3.18. The molecule has 0 aromatic carbocycles. The molecule has 22 heavy (non-hydrogen) atoms. The predicted octanol–water partition coefficient (Wildman–Crippen LogP) is 4.01. The molecule has 2 fully saturated rings. The van der Waals surface area contributed by atoms with E-state index in [0.717, 1.165) is 25.7 Å². The molecule has 0 spiro atoms. The van der Waals surface area contributed by atoms with E-state index in [4.69, 9.17) is 9.47 Å². The highest BCUT2D eigenvalue weighted by molar-refractivity contribution is 5.75. The van der Waals surface area contributed by atoms with Crippen LogP contribution < -0.4 is 0 Å². The zero-order valence-corrected chi connectivity index (χ0v) is 14.1. The Morgan fingerprint density at radius 1 is 0.909 bits per heavy atom. The topological polar surface area (TPSA) is 52.6 Å². The highest BCUT2D eigenvalue weighted by atomic mass is 16.6. The van der Waals surface area contributed by atoms with Crippen molar-refractivity contribution in [3.05, 3.63) is 0 Å². The molecule has 0 unspecified atom stereocenters. The van der Waals surface area contributed by atoms with E-state index in [9.17, 15) is 9.59 Å². The largest absolute Gasteiger partial charge is 0.456 e. The first-order valence-electron chi connectivity index (χ1n) is 8.87. The van der Waals surface area contributed by atoms with Crippen LogP contribution in [0.25, 0.3) is 0 Å². The summed E-state index contributed by atoms with van der Waals surface area (Å²) in [5.41, 5.74) is -0.391. The summed E-state index contributed by atoms with van der Waals surface area (Å²) in [5.74, 6) is 0.0686. The van der Waals surface area contributed by atoms with Crippen molar-refractivity contribution in [1.29, 1.82) is 0 Å². The summed E-state index contributed by atoms with van der Waals surface area (Å²) in [7, 11) is 0. The average Bonchev–Trinajstić information content (AvgIpc) is 2.54. The van der Waals surface area contributed by atoms with E-state index in [-0.39, 0.29) is 6.61 Å². The van der Waals surface area contributed by atoms with Crippen molar-refractivity contribution in [2.45, 2.75) is 83.7 Å². The maximum atomic E-state index is 12.1. The minimum atomic E-state index is -0.436. The van der Waals surface area contributed by atoms with Gasteiger partial charge in [0, 0.05) is 6.92 Å². The third kappa shape index (κ3) is 4.47. The molecule has 4 heteroatoms. The van der Waals surface area contributed by atoms with Gasteiger partial charge in [-0.15, -0.1) is 0 Å². The smallest absolute Gasteiger partial charge is 0.344 e. The number of rotatable bonds is 5. The summed E-state index contributed by atoms with van der Waals surface area (Å²) in [6.07, 6.45) is 12.1. The molecule has 2 aliphatic rings. The fourth-order valence-electron chi connectivity index (χ4n) is 4.29. The van der Waals surface area contributed by atoms with Crippen LogP contribution in [-0.2, 0) is 19.1 Å². The number of hydrogen-bond acceptors (Lipinski definition) is 4. The van der Waals surface area contributed by atoms with Gasteiger partial charge in [0.1, 0.15) is 5.60 Å². The Balaban J connectivity index is 2.05. The number of carbonyl (C=O) groups is 2. The maximum absolute atomic E-state index is 12.1.